The number of benzene rings is 1. The van der Waals surface area contributed by atoms with Gasteiger partial charge in [0.25, 0.3) is 0 Å². The molecule has 1 heterocycles. The van der Waals surface area contributed by atoms with Crippen LogP contribution in [0.15, 0.2) is 18.2 Å². The van der Waals surface area contributed by atoms with Crippen molar-refractivity contribution in [2.24, 2.45) is 0 Å². The summed E-state index contributed by atoms with van der Waals surface area (Å²) in [6.45, 7) is 8.06. The molecule has 4 heteroatoms. The maximum Gasteiger partial charge on any atom is 0.146 e. The summed E-state index contributed by atoms with van der Waals surface area (Å²) in [7, 11) is 0. The van der Waals surface area contributed by atoms with Crippen molar-refractivity contribution in [1.29, 1.82) is 0 Å². The molecule has 0 radical (unpaired) electrons. The van der Waals surface area contributed by atoms with E-state index in [0.29, 0.717) is 12.3 Å². The van der Waals surface area contributed by atoms with E-state index in [2.05, 4.69) is 24.1 Å². The highest BCUT2D eigenvalue weighted by Crippen LogP contribution is 2.24. The molecule has 2 rings (SSSR count). The highest BCUT2D eigenvalue weighted by atomic mass is 19.1. The van der Waals surface area contributed by atoms with Gasteiger partial charge in [0, 0.05) is 25.7 Å². The van der Waals surface area contributed by atoms with Gasteiger partial charge in [-0.1, -0.05) is 13.0 Å². The van der Waals surface area contributed by atoms with E-state index in [9.17, 15) is 4.39 Å². The van der Waals surface area contributed by atoms with E-state index in [1.807, 2.05) is 12.1 Å². The van der Waals surface area contributed by atoms with E-state index in [1.54, 1.807) is 6.07 Å². The second-order valence-electron chi connectivity index (χ2n) is 4.94. The smallest absolute Gasteiger partial charge is 0.146 e. The third-order valence-electron chi connectivity index (χ3n) is 3.54. The van der Waals surface area contributed by atoms with Crippen LogP contribution in [-0.2, 0) is 4.74 Å². The third-order valence-corrected chi connectivity index (χ3v) is 3.54. The lowest BCUT2D eigenvalue weighted by molar-refractivity contribution is 0.152. The number of anilines is 1. The summed E-state index contributed by atoms with van der Waals surface area (Å²) >= 11 is 0. The van der Waals surface area contributed by atoms with E-state index in [0.717, 1.165) is 38.2 Å². The lowest BCUT2D eigenvalue weighted by Crippen LogP contribution is -2.27. The van der Waals surface area contributed by atoms with Gasteiger partial charge in [-0.2, -0.15) is 0 Å². The molecule has 1 unspecified atom stereocenters. The Hall–Kier alpha value is -1.13. The van der Waals surface area contributed by atoms with Crippen LogP contribution in [0, 0.1) is 5.82 Å². The molecule has 0 aromatic heterocycles. The Labute approximate surface area is 114 Å². The fourth-order valence-corrected chi connectivity index (χ4v) is 2.46. The van der Waals surface area contributed by atoms with Crippen molar-refractivity contribution in [2.45, 2.75) is 26.3 Å². The SMILES string of the molecule is CCNC(C)c1ccc(N2CCCOCC2)c(F)c1. The zero-order valence-electron chi connectivity index (χ0n) is 11.8. The van der Waals surface area contributed by atoms with Crippen LogP contribution in [-0.4, -0.2) is 32.8 Å². The quantitative estimate of drug-likeness (QED) is 0.907. The molecule has 19 heavy (non-hydrogen) atoms. The van der Waals surface area contributed by atoms with E-state index < -0.39 is 0 Å². The van der Waals surface area contributed by atoms with Gasteiger partial charge in [-0.05, 0) is 37.6 Å². The maximum atomic E-state index is 14.3. The summed E-state index contributed by atoms with van der Waals surface area (Å²) in [5.41, 5.74) is 1.69. The number of ether oxygens (including phenoxy) is 1. The molecule has 0 aliphatic carbocycles. The first-order chi connectivity index (χ1) is 9.22. The summed E-state index contributed by atoms with van der Waals surface area (Å²) in [5, 5.41) is 3.30. The van der Waals surface area contributed by atoms with Crippen LogP contribution in [0.3, 0.4) is 0 Å². The second kappa shape index (κ2) is 6.87. The van der Waals surface area contributed by atoms with Crippen molar-refractivity contribution < 1.29 is 9.13 Å². The summed E-state index contributed by atoms with van der Waals surface area (Å²) in [6, 6.07) is 5.73. The van der Waals surface area contributed by atoms with Gasteiger partial charge in [0.1, 0.15) is 5.82 Å². The van der Waals surface area contributed by atoms with Crippen LogP contribution in [0.1, 0.15) is 31.9 Å². The van der Waals surface area contributed by atoms with Gasteiger partial charge in [0.2, 0.25) is 0 Å². The predicted molar refractivity (Wildman–Crippen MR) is 76.1 cm³/mol. The first-order valence-corrected chi connectivity index (χ1v) is 7.08. The van der Waals surface area contributed by atoms with Crippen LogP contribution in [0.25, 0.3) is 0 Å². The summed E-state index contributed by atoms with van der Waals surface area (Å²) < 4.78 is 19.7. The van der Waals surface area contributed by atoms with Crippen molar-refractivity contribution >= 4 is 5.69 Å². The summed E-state index contributed by atoms with van der Waals surface area (Å²) in [5.74, 6) is -0.135. The molecular weight excluding hydrogens is 243 g/mol. The largest absolute Gasteiger partial charge is 0.380 e. The van der Waals surface area contributed by atoms with Gasteiger partial charge >= 0.3 is 0 Å². The molecule has 0 spiro atoms. The minimum Gasteiger partial charge on any atom is -0.380 e. The van der Waals surface area contributed by atoms with Crippen molar-refractivity contribution in [1.82, 2.24) is 5.32 Å². The molecular formula is C15H23FN2O. The molecule has 0 saturated carbocycles. The van der Waals surface area contributed by atoms with Gasteiger partial charge in [0.15, 0.2) is 0 Å². The summed E-state index contributed by atoms with van der Waals surface area (Å²) in [6.07, 6.45) is 0.953. The van der Waals surface area contributed by atoms with E-state index >= 15 is 0 Å². The molecule has 0 bridgehead atoms. The van der Waals surface area contributed by atoms with Gasteiger partial charge in [-0.15, -0.1) is 0 Å². The highest BCUT2D eigenvalue weighted by molar-refractivity contribution is 5.49. The highest BCUT2D eigenvalue weighted by Gasteiger charge is 2.15. The topological polar surface area (TPSA) is 24.5 Å². The minimum atomic E-state index is -0.135. The third kappa shape index (κ3) is 3.67. The van der Waals surface area contributed by atoms with Crippen molar-refractivity contribution in [2.75, 3.05) is 37.7 Å². The monoisotopic (exact) mass is 266 g/mol. The van der Waals surface area contributed by atoms with Crippen LogP contribution >= 0.6 is 0 Å². The number of hydrogen-bond acceptors (Lipinski definition) is 3. The van der Waals surface area contributed by atoms with Gasteiger partial charge in [-0.3, -0.25) is 0 Å². The molecule has 1 aromatic carbocycles. The molecule has 1 atom stereocenters. The Balaban J connectivity index is 2.13. The van der Waals surface area contributed by atoms with Crippen molar-refractivity contribution in [3.63, 3.8) is 0 Å². The number of hydrogen-bond donors (Lipinski definition) is 1. The Morgan fingerprint density at radius 3 is 2.95 bits per heavy atom. The fourth-order valence-electron chi connectivity index (χ4n) is 2.46. The average molecular weight is 266 g/mol. The van der Waals surface area contributed by atoms with Crippen LogP contribution < -0.4 is 10.2 Å². The molecule has 1 aromatic rings. The van der Waals surface area contributed by atoms with E-state index in [4.69, 9.17) is 4.74 Å². The Morgan fingerprint density at radius 1 is 1.37 bits per heavy atom. The number of halogens is 1. The Kier molecular flexibility index (Phi) is 5.16. The number of rotatable bonds is 4. The zero-order valence-corrected chi connectivity index (χ0v) is 11.8. The molecule has 1 N–H and O–H groups in total. The first kappa shape index (κ1) is 14.3. The molecule has 0 amide bonds. The van der Waals surface area contributed by atoms with Gasteiger partial charge in [0.05, 0.1) is 12.3 Å². The molecule has 1 aliphatic heterocycles. The molecule has 1 aliphatic rings. The predicted octanol–water partition coefficient (Wildman–Crippen LogP) is 2.72. The van der Waals surface area contributed by atoms with Crippen LogP contribution in [0.2, 0.25) is 0 Å². The van der Waals surface area contributed by atoms with Crippen LogP contribution in [0.4, 0.5) is 10.1 Å². The summed E-state index contributed by atoms with van der Waals surface area (Å²) in [4.78, 5) is 2.07. The lowest BCUT2D eigenvalue weighted by Gasteiger charge is -2.23. The number of nitrogens with one attached hydrogen (secondary N) is 1. The second-order valence-corrected chi connectivity index (χ2v) is 4.94. The minimum absolute atomic E-state index is 0.135. The van der Waals surface area contributed by atoms with Crippen molar-refractivity contribution in [3.05, 3.63) is 29.6 Å². The molecule has 1 saturated heterocycles. The zero-order chi connectivity index (χ0) is 13.7. The number of nitrogens with zero attached hydrogens (tertiary/aromatic N) is 1. The Bertz CT molecular complexity index is 403. The first-order valence-electron chi connectivity index (χ1n) is 7.08. The molecule has 1 fully saturated rings. The van der Waals surface area contributed by atoms with Crippen LogP contribution in [0.5, 0.6) is 0 Å². The average Bonchev–Trinajstić information content (AvgIpc) is 2.67. The van der Waals surface area contributed by atoms with E-state index in [-0.39, 0.29) is 11.9 Å². The fraction of sp³-hybridized carbons (Fsp3) is 0.600. The maximum absolute atomic E-state index is 14.3. The van der Waals surface area contributed by atoms with Crippen molar-refractivity contribution in [3.8, 4) is 0 Å². The van der Waals surface area contributed by atoms with Gasteiger partial charge < -0.3 is 15.0 Å². The standard InChI is InChI=1S/C15H23FN2O/c1-3-17-12(2)13-5-6-15(14(16)11-13)18-7-4-9-19-10-8-18/h5-6,11-12,17H,3-4,7-10H2,1-2H3. The lowest BCUT2D eigenvalue weighted by atomic mass is 10.1. The Morgan fingerprint density at radius 2 is 2.21 bits per heavy atom. The molecule has 3 nitrogen and oxygen atoms in total. The van der Waals surface area contributed by atoms with E-state index in [1.165, 1.54) is 0 Å². The van der Waals surface area contributed by atoms with Gasteiger partial charge in [-0.25, -0.2) is 4.39 Å². The normalized spacial score (nSPS) is 18.2. The molecule has 106 valence electrons.